The van der Waals surface area contributed by atoms with E-state index in [4.69, 9.17) is 10.5 Å². The number of aryl methyl sites for hydroxylation is 1. The minimum absolute atomic E-state index is 0.0220. The van der Waals surface area contributed by atoms with Crippen LogP contribution < -0.4 is 10.5 Å². The molecule has 1 fully saturated rings. The zero-order chi connectivity index (χ0) is 11.1. The summed E-state index contributed by atoms with van der Waals surface area (Å²) in [6, 6.07) is 3.62. The molecule has 3 heteroatoms. The second-order valence-corrected chi connectivity index (χ2v) is 4.49. The van der Waals surface area contributed by atoms with Gasteiger partial charge in [0.1, 0.15) is 0 Å². The van der Waals surface area contributed by atoms with Crippen LogP contribution in [0.5, 0.6) is 11.5 Å². The van der Waals surface area contributed by atoms with Crippen molar-refractivity contribution in [1.82, 2.24) is 0 Å². The Balaban J connectivity index is 2.28. The second kappa shape index (κ2) is 3.42. The minimum Gasteiger partial charge on any atom is -0.504 e. The van der Waals surface area contributed by atoms with Gasteiger partial charge in [-0.05, 0) is 49.4 Å². The van der Waals surface area contributed by atoms with Crippen molar-refractivity contribution < 1.29 is 9.84 Å². The molecule has 15 heavy (non-hydrogen) atoms. The monoisotopic (exact) mass is 207 g/mol. The van der Waals surface area contributed by atoms with Crippen molar-refractivity contribution in [2.75, 3.05) is 7.11 Å². The molecule has 0 saturated heterocycles. The summed E-state index contributed by atoms with van der Waals surface area (Å²) in [6.45, 7) is 2.02. The lowest BCUT2D eigenvalue weighted by Gasteiger charge is -2.13. The molecule has 3 N–H and O–H groups in total. The summed E-state index contributed by atoms with van der Waals surface area (Å²) in [6.07, 6.45) is 3.01. The van der Waals surface area contributed by atoms with Gasteiger partial charge in [0, 0.05) is 5.54 Å². The standard InChI is InChI=1S/C12H17NO2/c1-8-5-11(15-2)10(14)6-9(8)7-12(13)3-4-12/h5-6,14H,3-4,7,13H2,1-2H3. The minimum atomic E-state index is -0.0220. The summed E-state index contributed by atoms with van der Waals surface area (Å²) >= 11 is 0. The van der Waals surface area contributed by atoms with E-state index in [1.165, 1.54) is 0 Å². The third-order valence-corrected chi connectivity index (χ3v) is 3.07. The number of hydrogen-bond acceptors (Lipinski definition) is 3. The molecule has 1 aliphatic rings. The van der Waals surface area contributed by atoms with E-state index in [1.54, 1.807) is 13.2 Å². The van der Waals surface area contributed by atoms with E-state index in [0.717, 1.165) is 30.4 Å². The van der Waals surface area contributed by atoms with Crippen LogP contribution in [0.15, 0.2) is 12.1 Å². The van der Waals surface area contributed by atoms with Crippen molar-refractivity contribution in [3.05, 3.63) is 23.3 Å². The first-order chi connectivity index (χ1) is 7.04. The Morgan fingerprint density at radius 1 is 1.47 bits per heavy atom. The average Bonchev–Trinajstić information content (AvgIpc) is 2.89. The third kappa shape index (κ3) is 2.07. The molecule has 0 amide bonds. The van der Waals surface area contributed by atoms with Gasteiger partial charge in [-0.15, -0.1) is 0 Å². The number of aromatic hydroxyl groups is 1. The Hall–Kier alpha value is -1.22. The number of rotatable bonds is 3. The normalized spacial score (nSPS) is 17.5. The lowest BCUT2D eigenvalue weighted by Crippen LogP contribution is -2.24. The molecule has 0 unspecified atom stereocenters. The number of phenols is 1. The molecule has 0 aliphatic heterocycles. The van der Waals surface area contributed by atoms with Gasteiger partial charge in [-0.2, -0.15) is 0 Å². The maximum atomic E-state index is 9.67. The quantitative estimate of drug-likeness (QED) is 0.793. The third-order valence-electron chi connectivity index (χ3n) is 3.07. The Bertz CT molecular complexity index is 383. The van der Waals surface area contributed by atoms with Crippen molar-refractivity contribution in [3.63, 3.8) is 0 Å². The first-order valence-electron chi connectivity index (χ1n) is 5.19. The Kier molecular flexibility index (Phi) is 2.35. The number of nitrogens with two attached hydrogens (primary N) is 1. The van der Waals surface area contributed by atoms with Gasteiger partial charge in [0.2, 0.25) is 0 Å². The number of phenolic OH excluding ortho intramolecular Hbond substituents is 1. The van der Waals surface area contributed by atoms with Crippen molar-refractivity contribution in [3.8, 4) is 11.5 Å². The van der Waals surface area contributed by atoms with Gasteiger partial charge < -0.3 is 15.6 Å². The molecule has 0 heterocycles. The summed E-state index contributed by atoms with van der Waals surface area (Å²) in [7, 11) is 1.56. The van der Waals surface area contributed by atoms with Gasteiger partial charge in [-0.1, -0.05) is 0 Å². The Labute approximate surface area is 89.9 Å². The number of benzene rings is 1. The van der Waals surface area contributed by atoms with Crippen LogP contribution in [-0.2, 0) is 6.42 Å². The lowest BCUT2D eigenvalue weighted by atomic mass is 9.99. The summed E-state index contributed by atoms with van der Waals surface area (Å²) in [5.41, 5.74) is 8.28. The van der Waals surface area contributed by atoms with Gasteiger partial charge in [-0.3, -0.25) is 0 Å². The van der Waals surface area contributed by atoms with Gasteiger partial charge in [-0.25, -0.2) is 0 Å². The topological polar surface area (TPSA) is 55.5 Å². The maximum Gasteiger partial charge on any atom is 0.160 e. The van der Waals surface area contributed by atoms with E-state index in [0.29, 0.717) is 5.75 Å². The van der Waals surface area contributed by atoms with Gasteiger partial charge in [0.15, 0.2) is 11.5 Å². The second-order valence-electron chi connectivity index (χ2n) is 4.49. The fourth-order valence-electron chi connectivity index (χ4n) is 1.78. The molecule has 1 saturated carbocycles. The van der Waals surface area contributed by atoms with Crippen LogP contribution in [0.25, 0.3) is 0 Å². The Morgan fingerprint density at radius 3 is 2.67 bits per heavy atom. The SMILES string of the molecule is COc1cc(C)c(CC2(N)CC2)cc1O. The number of ether oxygens (including phenoxy) is 1. The van der Waals surface area contributed by atoms with Crippen molar-refractivity contribution >= 4 is 0 Å². The number of methoxy groups -OCH3 is 1. The van der Waals surface area contributed by atoms with Gasteiger partial charge in [0.25, 0.3) is 0 Å². The predicted molar refractivity (Wildman–Crippen MR) is 59.3 cm³/mol. The van der Waals surface area contributed by atoms with Crippen LogP contribution in [0.1, 0.15) is 24.0 Å². The molecule has 1 aliphatic carbocycles. The molecular weight excluding hydrogens is 190 g/mol. The summed E-state index contributed by atoms with van der Waals surface area (Å²) in [4.78, 5) is 0. The van der Waals surface area contributed by atoms with E-state index in [1.807, 2.05) is 13.0 Å². The molecule has 3 nitrogen and oxygen atoms in total. The molecule has 1 aromatic rings. The van der Waals surface area contributed by atoms with Crippen molar-refractivity contribution in [2.45, 2.75) is 31.7 Å². The zero-order valence-corrected chi connectivity index (χ0v) is 9.21. The molecule has 0 atom stereocenters. The zero-order valence-electron chi connectivity index (χ0n) is 9.21. The number of hydrogen-bond donors (Lipinski definition) is 2. The largest absolute Gasteiger partial charge is 0.504 e. The summed E-state index contributed by atoms with van der Waals surface area (Å²) in [5.74, 6) is 0.723. The molecule has 0 spiro atoms. The summed E-state index contributed by atoms with van der Waals surface area (Å²) in [5, 5.41) is 9.67. The van der Waals surface area contributed by atoms with Gasteiger partial charge >= 0.3 is 0 Å². The van der Waals surface area contributed by atoms with Crippen molar-refractivity contribution in [1.29, 1.82) is 0 Å². The smallest absolute Gasteiger partial charge is 0.160 e. The molecule has 0 aromatic heterocycles. The highest BCUT2D eigenvalue weighted by atomic mass is 16.5. The van der Waals surface area contributed by atoms with E-state index < -0.39 is 0 Å². The molecular formula is C12H17NO2. The van der Waals surface area contributed by atoms with Crippen molar-refractivity contribution in [2.24, 2.45) is 5.73 Å². The van der Waals surface area contributed by atoms with E-state index >= 15 is 0 Å². The van der Waals surface area contributed by atoms with E-state index in [2.05, 4.69) is 0 Å². The molecule has 1 aromatic carbocycles. The highest BCUT2D eigenvalue weighted by Crippen LogP contribution is 2.38. The highest BCUT2D eigenvalue weighted by molar-refractivity contribution is 5.46. The van der Waals surface area contributed by atoms with Crippen LogP contribution in [-0.4, -0.2) is 17.8 Å². The van der Waals surface area contributed by atoms with Crippen LogP contribution in [0.2, 0.25) is 0 Å². The molecule has 82 valence electrons. The first-order valence-corrected chi connectivity index (χ1v) is 5.19. The van der Waals surface area contributed by atoms with Crippen LogP contribution in [0.3, 0.4) is 0 Å². The van der Waals surface area contributed by atoms with Crippen LogP contribution in [0, 0.1) is 6.92 Å². The first kappa shape index (κ1) is 10.3. The van der Waals surface area contributed by atoms with E-state index in [9.17, 15) is 5.11 Å². The lowest BCUT2D eigenvalue weighted by molar-refractivity contribution is 0.372. The molecule has 2 rings (SSSR count). The van der Waals surface area contributed by atoms with E-state index in [-0.39, 0.29) is 11.3 Å². The van der Waals surface area contributed by atoms with Gasteiger partial charge in [0.05, 0.1) is 7.11 Å². The fraction of sp³-hybridized carbons (Fsp3) is 0.500. The molecule has 0 radical (unpaired) electrons. The summed E-state index contributed by atoms with van der Waals surface area (Å²) < 4.78 is 5.05. The average molecular weight is 207 g/mol. The van der Waals surface area contributed by atoms with Crippen LogP contribution in [0.4, 0.5) is 0 Å². The Morgan fingerprint density at radius 2 is 2.13 bits per heavy atom. The fourth-order valence-corrected chi connectivity index (χ4v) is 1.78. The van der Waals surface area contributed by atoms with Crippen LogP contribution >= 0.6 is 0 Å². The predicted octanol–water partition coefficient (Wildman–Crippen LogP) is 1.74. The molecule has 0 bridgehead atoms. The highest BCUT2D eigenvalue weighted by Gasteiger charge is 2.38. The maximum absolute atomic E-state index is 9.67.